The Bertz CT molecular complexity index is 1510. The number of aromatic carboxylic acids is 1. The van der Waals surface area contributed by atoms with Crippen molar-refractivity contribution >= 4 is 28.5 Å². The van der Waals surface area contributed by atoms with Crippen LogP contribution < -0.4 is 4.74 Å². The second-order valence-corrected chi connectivity index (χ2v) is 10.4. The number of aromatic amines is 1. The Morgan fingerprint density at radius 1 is 1.22 bits per heavy atom. The van der Waals surface area contributed by atoms with Gasteiger partial charge in [-0.3, -0.25) is 4.90 Å². The van der Waals surface area contributed by atoms with E-state index >= 15 is 4.39 Å². The molecule has 2 heterocycles. The number of aromatic nitrogens is 1. The lowest BCUT2D eigenvalue weighted by atomic mass is 9.89. The predicted molar refractivity (Wildman–Crippen MR) is 141 cm³/mol. The number of halogens is 3. The van der Waals surface area contributed by atoms with Gasteiger partial charge in [0.15, 0.2) is 0 Å². The maximum atomic E-state index is 16.1. The number of benzene rings is 3. The van der Waals surface area contributed by atoms with E-state index < -0.39 is 23.5 Å². The zero-order valence-electron chi connectivity index (χ0n) is 20.7. The highest BCUT2D eigenvalue weighted by Crippen LogP contribution is 2.45. The van der Waals surface area contributed by atoms with Crippen LogP contribution in [0.5, 0.6) is 5.75 Å². The molecule has 8 heteroatoms. The molecule has 1 unspecified atom stereocenters. The van der Waals surface area contributed by atoms with E-state index in [2.05, 4.69) is 4.98 Å². The molecule has 192 valence electrons. The van der Waals surface area contributed by atoms with Gasteiger partial charge in [0.2, 0.25) is 0 Å². The molecular formula is C29H27ClF2N2O3. The third kappa shape index (κ3) is 4.69. The van der Waals surface area contributed by atoms with E-state index in [9.17, 15) is 14.3 Å². The number of ether oxygens (including phenoxy) is 1. The number of carboxylic acids is 1. The number of para-hydroxylation sites is 1. The maximum absolute atomic E-state index is 16.1. The highest BCUT2D eigenvalue weighted by atomic mass is 35.5. The van der Waals surface area contributed by atoms with E-state index in [0.29, 0.717) is 35.4 Å². The van der Waals surface area contributed by atoms with Gasteiger partial charge in [0, 0.05) is 40.3 Å². The molecule has 0 bridgehead atoms. The zero-order chi connectivity index (χ0) is 26.5. The van der Waals surface area contributed by atoms with Crippen LogP contribution in [0.4, 0.5) is 8.78 Å². The van der Waals surface area contributed by atoms with Crippen molar-refractivity contribution < 1.29 is 23.4 Å². The van der Waals surface area contributed by atoms with E-state index in [0.717, 1.165) is 22.2 Å². The molecule has 2 N–H and O–H groups in total. The molecular weight excluding hydrogens is 498 g/mol. The van der Waals surface area contributed by atoms with E-state index in [1.54, 1.807) is 12.1 Å². The summed E-state index contributed by atoms with van der Waals surface area (Å²) >= 11 is 6.37. The molecule has 1 aliphatic rings. The lowest BCUT2D eigenvalue weighted by Crippen LogP contribution is -2.43. The Labute approximate surface area is 218 Å². The zero-order valence-corrected chi connectivity index (χ0v) is 21.5. The standard InChI is InChI=1S/C29H27ClF2N2O3/c1-29(2,32)15-34-11-10-20-19-6-4-5-7-23(19)33-26(20)27(34)25-22(31)13-17(14-24(25)37-3)18-9-8-16(28(35)36)12-21(18)30/h4-9,12-14,27,33H,10-11,15H2,1-3H3,(H,35,36). The normalized spacial score (nSPS) is 16.1. The number of nitrogens with zero attached hydrogens (tertiary/aromatic N) is 1. The van der Waals surface area contributed by atoms with E-state index in [4.69, 9.17) is 16.3 Å². The molecule has 1 aromatic heterocycles. The van der Waals surface area contributed by atoms with Crippen molar-refractivity contribution in [3.8, 4) is 16.9 Å². The first-order valence-electron chi connectivity index (χ1n) is 12.0. The SMILES string of the molecule is COc1cc(-c2ccc(C(=O)O)cc2Cl)cc(F)c1C1c2[nH]c3ccccc3c2CCN1CC(C)(C)F. The molecule has 1 atom stereocenters. The van der Waals surface area contributed by atoms with Gasteiger partial charge in [-0.25, -0.2) is 13.6 Å². The predicted octanol–water partition coefficient (Wildman–Crippen LogP) is 7.03. The Hall–Kier alpha value is -3.42. The van der Waals surface area contributed by atoms with Crippen LogP contribution in [-0.2, 0) is 6.42 Å². The topological polar surface area (TPSA) is 65.6 Å². The lowest BCUT2D eigenvalue weighted by Gasteiger charge is -2.39. The molecule has 0 fully saturated rings. The average molecular weight is 525 g/mol. The molecule has 0 saturated heterocycles. The number of alkyl halides is 1. The third-order valence-corrected chi connectivity index (χ3v) is 7.14. The van der Waals surface area contributed by atoms with Crippen molar-refractivity contribution in [3.63, 3.8) is 0 Å². The molecule has 5 rings (SSSR count). The third-order valence-electron chi connectivity index (χ3n) is 6.83. The fraction of sp³-hybridized carbons (Fsp3) is 0.276. The molecule has 0 radical (unpaired) electrons. The van der Waals surface area contributed by atoms with Gasteiger partial charge in [-0.05, 0) is 61.7 Å². The Kier molecular flexibility index (Phi) is 6.46. The molecule has 37 heavy (non-hydrogen) atoms. The number of carboxylic acid groups (broad SMARTS) is 1. The van der Waals surface area contributed by atoms with Crippen molar-refractivity contribution in [2.75, 3.05) is 20.2 Å². The van der Waals surface area contributed by atoms with Gasteiger partial charge in [0.05, 0.1) is 24.3 Å². The van der Waals surface area contributed by atoms with E-state index in [1.807, 2.05) is 29.2 Å². The van der Waals surface area contributed by atoms with Gasteiger partial charge in [-0.1, -0.05) is 35.9 Å². The van der Waals surface area contributed by atoms with Crippen molar-refractivity contribution in [2.24, 2.45) is 0 Å². The summed E-state index contributed by atoms with van der Waals surface area (Å²) in [4.78, 5) is 16.7. The molecule has 5 nitrogen and oxygen atoms in total. The van der Waals surface area contributed by atoms with Crippen LogP contribution in [0.25, 0.3) is 22.0 Å². The summed E-state index contributed by atoms with van der Waals surface area (Å²) in [5.41, 5.74) is 2.64. The van der Waals surface area contributed by atoms with Gasteiger partial charge in [0.25, 0.3) is 0 Å². The second kappa shape index (κ2) is 9.47. The van der Waals surface area contributed by atoms with Crippen molar-refractivity contribution in [1.29, 1.82) is 0 Å². The van der Waals surface area contributed by atoms with Gasteiger partial charge in [-0.2, -0.15) is 0 Å². The van der Waals surface area contributed by atoms with Crippen LogP contribution in [0.2, 0.25) is 5.02 Å². The summed E-state index contributed by atoms with van der Waals surface area (Å²) in [6, 6.07) is 14.7. The van der Waals surface area contributed by atoms with Gasteiger partial charge >= 0.3 is 5.97 Å². The molecule has 0 saturated carbocycles. The summed E-state index contributed by atoms with van der Waals surface area (Å²) in [5, 5.41) is 10.5. The number of hydrogen-bond acceptors (Lipinski definition) is 3. The van der Waals surface area contributed by atoms with Gasteiger partial charge < -0.3 is 14.8 Å². The molecule has 0 amide bonds. The van der Waals surface area contributed by atoms with Crippen LogP contribution in [0.1, 0.15) is 47.1 Å². The average Bonchev–Trinajstić information content (AvgIpc) is 3.21. The summed E-state index contributed by atoms with van der Waals surface area (Å²) in [6.07, 6.45) is 0.708. The fourth-order valence-electron chi connectivity index (χ4n) is 5.34. The number of nitrogens with one attached hydrogen (secondary N) is 1. The number of fused-ring (bicyclic) bond motifs is 3. The van der Waals surface area contributed by atoms with Crippen LogP contribution in [0, 0.1) is 5.82 Å². The Morgan fingerprint density at radius 3 is 2.65 bits per heavy atom. The van der Waals surface area contributed by atoms with Crippen molar-refractivity contribution in [3.05, 3.63) is 87.8 Å². The smallest absolute Gasteiger partial charge is 0.335 e. The highest BCUT2D eigenvalue weighted by molar-refractivity contribution is 6.33. The second-order valence-electron chi connectivity index (χ2n) is 9.98. The van der Waals surface area contributed by atoms with E-state index in [-0.39, 0.29) is 17.1 Å². The number of carbonyl (C=O) groups is 1. The van der Waals surface area contributed by atoms with Gasteiger partial charge in [0.1, 0.15) is 17.2 Å². The minimum absolute atomic E-state index is 0.0378. The monoisotopic (exact) mass is 524 g/mol. The van der Waals surface area contributed by atoms with Gasteiger partial charge in [-0.15, -0.1) is 0 Å². The first kappa shape index (κ1) is 25.2. The number of rotatable bonds is 6. The van der Waals surface area contributed by atoms with Crippen LogP contribution >= 0.6 is 11.6 Å². The summed E-state index contributed by atoms with van der Waals surface area (Å²) < 4.78 is 36.7. The summed E-state index contributed by atoms with van der Waals surface area (Å²) in [7, 11) is 1.47. The Morgan fingerprint density at radius 2 is 1.97 bits per heavy atom. The quantitative estimate of drug-likeness (QED) is 0.284. The largest absolute Gasteiger partial charge is 0.496 e. The first-order valence-corrected chi connectivity index (χ1v) is 12.4. The lowest BCUT2D eigenvalue weighted by molar-refractivity contribution is 0.0697. The van der Waals surface area contributed by atoms with Crippen LogP contribution in [0.3, 0.4) is 0 Å². The van der Waals surface area contributed by atoms with Crippen molar-refractivity contribution in [1.82, 2.24) is 9.88 Å². The minimum Gasteiger partial charge on any atom is -0.496 e. The number of methoxy groups -OCH3 is 1. The maximum Gasteiger partial charge on any atom is 0.335 e. The van der Waals surface area contributed by atoms with Crippen LogP contribution in [0.15, 0.2) is 54.6 Å². The number of H-pyrrole nitrogens is 1. The van der Waals surface area contributed by atoms with E-state index in [1.165, 1.54) is 39.2 Å². The Balaban J connectivity index is 1.68. The van der Waals surface area contributed by atoms with Crippen LogP contribution in [-0.4, -0.2) is 46.8 Å². The highest BCUT2D eigenvalue weighted by Gasteiger charge is 2.38. The minimum atomic E-state index is -1.50. The summed E-state index contributed by atoms with van der Waals surface area (Å²) in [6.45, 7) is 3.70. The van der Waals surface area contributed by atoms with Crippen molar-refractivity contribution in [2.45, 2.75) is 32.0 Å². The fourth-order valence-corrected chi connectivity index (χ4v) is 5.63. The number of hydrogen-bond donors (Lipinski definition) is 2. The first-order chi connectivity index (χ1) is 17.6. The molecule has 4 aromatic rings. The summed E-state index contributed by atoms with van der Waals surface area (Å²) in [5.74, 6) is -1.33. The molecule has 0 spiro atoms. The molecule has 3 aromatic carbocycles. The molecule has 0 aliphatic carbocycles. The molecule has 1 aliphatic heterocycles.